The first kappa shape index (κ1) is 21.4. The predicted octanol–water partition coefficient (Wildman–Crippen LogP) is 2.75. The Morgan fingerprint density at radius 2 is 1.71 bits per heavy atom. The van der Waals surface area contributed by atoms with E-state index in [9.17, 15) is 19.8 Å². The van der Waals surface area contributed by atoms with E-state index in [1.165, 1.54) is 0 Å². The Morgan fingerprint density at radius 3 is 2.32 bits per heavy atom. The van der Waals surface area contributed by atoms with E-state index in [4.69, 9.17) is 4.74 Å². The summed E-state index contributed by atoms with van der Waals surface area (Å²) in [5.41, 5.74) is 1.73. The number of hydrogen-bond acceptors (Lipinski definition) is 5. The Kier molecular flexibility index (Phi) is 7.95. The van der Waals surface area contributed by atoms with Gasteiger partial charge in [0, 0.05) is 12.4 Å². The summed E-state index contributed by atoms with van der Waals surface area (Å²) in [5.74, 6) is -1.38. The minimum atomic E-state index is -1.09. The highest BCUT2D eigenvalue weighted by molar-refractivity contribution is 5.77. The molecular weight excluding hydrogens is 360 g/mol. The first-order valence-corrected chi connectivity index (χ1v) is 9.17. The van der Waals surface area contributed by atoms with Crippen molar-refractivity contribution in [1.82, 2.24) is 10.3 Å². The molecular formula is C21H26N2O5. The molecule has 1 unspecified atom stereocenters. The van der Waals surface area contributed by atoms with Crippen LogP contribution in [0, 0.1) is 5.92 Å². The molecule has 1 aromatic heterocycles. The molecule has 0 aliphatic carbocycles. The molecule has 0 saturated heterocycles. The van der Waals surface area contributed by atoms with E-state index in [0.29, 0.717) is 18.8 Å². The van der Waals surface area contributed by atoms with Crippen LogP contribution in [0.1, 0.15) is 31.4 Å². The highest BCUT2D eigenvalue weighted by Gasteiger charge is 2.26. The monoisotopic (exact) mass is 386 g/mol. The third-order valence-electron chi connectivity index (χ3n) is 4.20. The Balaban J connectivity index is 2.04. The second-order valence-corrected chi connectivity index (χ2v) is 7.07. The van der Waals surface area contributed by atoms with Gasteiger partial charge in [-0.2, -0.15) is 0 Å². The molecule has 0 aliphatic heterocycles. The molecule has 0 radical (unpaired) electrons. The van der Waals surface area contributed by atoms with E-state index in [-0.39, 0.29) is 12.3 Å². The van der Waals surface area contributed by atoms with Crippen LogP contribution in [0.4, 0.5) is 0 Å². The Hall–Kier alpha value is -2.93. The fraction of sp³-hybridized carbons (Fsp3) is 0.381. The van der Waals surface area contributed by atoms with Gasteiger partial charge in [0.25, 0.3) is 0 Å². The number of carbonyl (C=O) groups is 2. The quantitative estimate of drug-likeness (QED) is 0.545. The molecule has 28 heavy (non-hydrogen) atoms. The fourth-order valence-electron chi connectivity index (χ4n) is 2.82. The minimum Gasteiger partial charge on any atom is -0.489 e. The van der Waals surface area contributed by atoms with E-state index < -0.39 is 24.0 Å². The largest absolute Gasteiger partial charge is 0.489 e. The molecule has 0 amide bonds. The Labute approximate surface area is 164 Å². The molecule has 2 aromatic rings. The molecule has 0 saturated carbocycles. The van der Waals surface area contributed by atoms with Gasteiger partial charge >= 0.3 is 11.9 Å². The molecule has 0 spiro atoms. The zero-order valence-corrected chi connectivity index (χ0v) is 16.0. The van der Waals surface area contributed by atoms with Crippen molar-refractivity contribution in [3.8, 4) is 5.75 Å². The van der Waals surface area contributed by atoms with Gasteiger partial charge in [-0.05, 0) is 54.2 Å². The maximum Gasteiger partial charge on any atom is 0.321 e. The van der Waals surface area contributed by atoms with Crippen molar-refractivity contribution in [2.24, 2.45) is 5.92 Å². The van der Waals surface area contributed by atoms with Crippen LogP contribution in [0.25, 0.3) is 0 Å². The number of ether oxygens (including phenoxy) is 1. The molecule has 2 atom stereocenters. The zero-order chi connectivity index (χ0) is 20.5. The van der Waals surface area contributed by atoms with Crippen molar-refractivity contribution in [2.75, 3.05) is 0 Å². The average molecular weight is 386 g/mol. The minimum absolute atomic E-state index is 0.132. The van der Waals surface area contributed by atoms with Crippen LogP contribution in [0.2, 0.25) is 0 Å². The molecule has 0 aliphatic rings. The lowest BCUT2D eigenvalue weighted by Crippen LogP contribution is -2.48. The highest BCUT2D eigenvalue weighted by Crippen LogP contribution is 2.17. The number of benzene rings is 1. The third-order valence-corrected chi connectivity index (χ3v) is 4.20. The number of carboxylic acids is 2. The van der Waals surface area contributed by atoms with Crippen LogP contribution < -0.4 is 10.1 Å². The van der Waals surface area contributed by atoms with Crippen molar-refractivity contribution in [2.45, 2.75) is 45.4 Å². The van der Waals surface area contributed by atoms with Gasteiger partial charge in [0.15, 0.2) is 0 Å². The second-order valence-electron chi connectivity index (χ2n) is 7.07. The van der Waals surface area contributed by atoms with Crippen molar-refractivity contribution in [3.63, 3.8) is 0 Å². The van der Waals surface area contributed by atoms with E-state index >= 15 is 0 Å². The lowest BCUT2D eigenvalue weighted by Gasteiger charge is -2.22. The zero-order valence-electron chi connectivity index (χ0n) is 16.0. The van der Waals surface area contributed by atoms with Crippen LogP contribution in [0.3, 0.4) is 0 Å². The van der Waals surface area contributed by atoms with Gasteiger partial charge < -0.3 is 14.9 Å². The number of hydrogen-bond donors (Lipinski definition) is 3. The second kappa shape index (κ2) is 10.4. The maximum absolute atomic E-state index is 11.7. The first-order chi connectivity index (χ1) is 13.3. The van der Waals surface area contributed by atoms with Crippen LogP contribution in [-0.2, 0) is 22.6 Å². The summed E-state index contributed by atoms with van der Waals surface area (Å²) in [6.07, 6.45) is 3.89. The Bertz CT molecular complexity index is 779. The molecule has 1 aromatic carbocycles. The van der Waals surface area contributed by atoms with Gasteiger partial charge in [-0.3, -0.25) is 19.9 Å². The molecule has 7 heteroatoms. The number of aliphatic carboxylic acids is 2. The standard InChI is InChI=1S/C21H26N2O5/c1-14(2)10-18(20(24)25)23-19(21(26)27)12-16-4-3-5-17(11-16)28-13-15-6-8-22-9-7-15/h3-9,11,14,18-19,23H,10,12-13H2,1-2H3,(H,24,25)(H,26,27)/t18?,19-/m0/s1. The van der Waals surface area contributed by atoms with Crippen LogP contribution in [-0.4, -0.2) is 39.2 Å². The highest BCUT2D eigenvalue weighted by atomic mass is 16.5. The molecule has 2 rings (SSSR count). The molecule has 0 fully saturated rings. The molecule has 7 nitrogen and oxygen atoms in total. The van der Waals surface area contributed by atoms with Crippen molar-refractivity contribution >= 4 is 11.9 Å². The van der Waals surface area contributed by atoms with Gasteiger partial charge in [0.05, 0.1) is 0 Å². The number of aromatic nitrogens is 1. The lowest BCUT2D eigenvalue weighted by molar-refractivity contribution is -0.142. The normalized spacial score (nSPS) is 13.1. The summed E-state index contributed by atoms with van der Waals surface area (Å²) in [5, 5.41) is 21.7. The summed E-state index contributed by atoms with van der Waals surface area (Å²) in [4.78, 5) is 27.0. The van der Waals surface area contributed by atoms with Gasteiger partial charge in [-0.25, -0.2) is 0 Å². The number of carboxylic acid groups (broad SMARTS) is 2. The summed E-state index contributed by atoms with van der Waals surface area (Å²) in [6.45, 7) is 4.18. The first-order valence-electron chi connectivity index (χ1n) is 9.17. The smallest absolute Gasteiger partial charge is 0.321 e. The summed E-state index contributed by atoms with van der Waals surface area (Å²) < 4.78 is 5.76. The number of nitrogens with zero attached hydrogens (tertiary/aromatic N) is 1. The number of pyridine rings is 1. The van der Waals surface area contributed by atoms with E-state index in [2.05, 4.69) is 10.3 Å². The number of rotatable bonds is 11. The summed E-state index contributed by atoms with van der Waals surface area (Å²) in [6, 6.07) is 8.96. The van der Waals surface area contributed by atoms with Crippen LogP contribution >= 0.6 is 0 Å². The van der Waals surface area contributed by atoms with Gasteiger partial charge in [0.1, 0.15) is 24.4 Å². The van der Waals surface area contributed by atoms with Gasteiger partial charge in [0.2, 0.25) is 0 Å². The van der Waals surface area contributed by atoms with E-state index in [1.807, 2.05) is 26.0 Å². The SMILES string of the molecule is CC(C)CC(N[C@@H](Cc1cccc(OCc2ccncc2)c1)C(=O)O)C(=O)O. The average Bonchev–Trinajstić information content (AvgIpc) is 2.66. The third kappa shape index (κ3) is 7.00. The molecule has 1 heterocycles. The topological polar surface area (TPSA) is 109 Å². The van der Waals surface area contributed by atoms with E-state index in [1.54, 1.807) is 36.7 Å². The van der Waals surface area contributed by atoms with Crippen LogP contribution in [0.15, 0.2) is 48.8 Å². The van der Waals surface area contributed by atoms with Crippen LogP contribution in [0.5, 0.6) is 5.75 Å². The maximum atomic E-state index is 11.7. The van der Waals surface area contributed by atoms with E-state index in [0.717, 1.165) is 11.1 Å². The van der Waals surface area contributed by atoms with Crippen molar-refractivity contribution in [1.29, 1.82) is 0 Å². The fourth-order valence-corrected chi connectivity index (χ4v) is 2.82. The summed E-state index contributed by atoms with van der Waals surface area (Å²) >= 11 is 0. The van der Waals surface area contributed by atoms with Crippen molar-refractivity contribution < 1.29 is 24.5 Å². The van der Waals surface area contributed by atoms with Crippen molar-refractivity contribution in [3.05, 3.63) is 59.9 Å². The lowest BCUT2D eigenvalue weighted by atomic mass is 10.0. The molecule has 3 N–H and O–H groups in total. The predicted molar refractivity (Wildman–Crippen MR) is 104 cm³/mol. The summed E-state index contributed by atoms with van der Waals surface area (Å²) in [7, 11) is 0. The molecule has 150 valence electrons. The van der Waals surface area contributed by atoms with Gasteiger partial charge in [-0.15, -0.1) is 0 Å². The van der Waals surface area contributed by atoms with Gasteiger partial charge in [-0.1, -0.05) is 26.0 Å². The molecule has 0 bridgehead atoms. The number of nitrogens with one attached hydrogen (secondary N) is 1. The Morgan fingerprint density at radius 1 is 1.04 bits per heavy atom.